The van der Waals surface area contributed by atoms with Crippen molar-refractivity contribution in [3.8, 4) is 0 Å². The van der Waals surface area contributed by atoms with E-state index in [-0.39, 0.29) is 11.6 Å². The number of nitrogens with one attached hydrogen (secondary N) is 2. The van der Waals surface area contributed by atoms with Gasteiger partial charge in [-0.2, -0.15) is 20.1 Å². The maximum absolute atomic E-state index is 10.9. The fourth-order valence-corrected chi connectivity index (χ4v) is 3.44. The highest BCUT2D eigenvalue weighted by atomic mass is 127. The molecule has 0 saturated carbocycles. The average molecular weight is 546 g/mol. The first-order valence-electron chi connectivity index (χ1n) is 9.72. The van der Waals surface area contributed by atoms with E-state index >= 15 is 0 Å². The van der Waals surface area contributed by atoms with Crippen LogP contribution in [0.4, 0.5) is 29.2 Å². The highest BCUT2D eigenvalue weighted by Crippen LogP contribution is 2.21. The third-order valence-electron chi connectivity index (χ3n) is 4.53. The Bertz CT molecular complexity index is 1120. The molecule has 0 amide bonds. The molecule has 3 aromatic rings. The normalized spacial score (nSPS) is 13.8. The van der Waals surface area contributed by atoms with E-state index in [0.29, 0.717) is 43.9 Å². The van der Waals surface area contributed by atoms with Crippen LogP contribution in [-0.4, -0.2) is 52.4 Å². The predicted molar refractivity (Wildman–Crippen MR) is 130 cm³/mol. The van der Waals surface area contributed by atoms with E-state index in [1.54, 1.807) is 18.3 Å². The third kappa shape index (κ3) is 5.64. The monoisotopic (exact) mass is 546 g/mol. The molecular weight excluding hydrogens is 527 g/mol. The van der Waals surface area contributed by atoms with Crippen LogP contribution in [0.5, 0.6) is 0 Å². The number of anilines is 4. The lowest BCUT2D eigenvalue weighted by Crippen LogP contribution is -2.37. The van der Waals surface area contributed by atoms with Crippen molar-refractivity contribution in [1.29, 1.82) is 0 Å². The molecule has 1 aromatic heterocycles. The third-order valence-corrected chi connectivity index (χ3v) is 5.51. The van der Waals surface area contributed by atoms with Crippen molar-refractivity contribution < 1.29 is 9.66 Å². The van der Waals surface area contributed by atoms with Gasteiger partial charge >= 0.3 is 0 Å². The Morgan fingerprint density at radius 1 is 1.06 bits per heavy atom. The topological polar surface area (TPSA) is 131 Å². The zero-order valence-corrected chi connectivity index (χ0v) is 19.0. The second-order valence-corrected chi connectivity index (χ2v) is 7.86. The predicted octanol–water partition coefficient (Wildman–Crippen LogP) is 3.41. The van der Waals surface area contributed by atoms with Gasteiger partial charge < -0.3 is 15.0 Å². The molecule has 4 rings (SSSR count). The molecule has 1 fully saturated rings. The Balaban J connectivity index is 1.57. The van der Waals surface area contributed by atoms with Crippen molar-refractivity contribution >= 4 is 58.0 Å². The number of rotatable bonds is 7. The standard InChI is InChI=1S/C20H19IN8O3/c21-17-4-2-1-3-14(17)13-22-27-19-24-18(23-15-5-7-16(8-6-15)29(30)31)25-20(26-19)28-9-11-32-12-10-28/h1-8,13H,9-12H2,(H2,23,24,25,26,27)/b22-13+. The summed E-state index contributed by atoms with van der Waals surface area (Å²) < 4.78 is 6.48. The summed E-state index contributed by atoms with van der Waals surface area (Å²) in [6, 6.07) is 13.9. The van der Waals surface area contributed by atoms with Crippen molar-refractivity contribution in [2.75, 3.05) is 41.9 Å². The molecule has 0 atom stereocenters. The first-order valence-corrected chi connectivity index (χ1v) is 10.8. The van der Waals surface area contributed by atoms with Gasteiger partial charge in [-0.1, -0.05) is 18.2 Å². The van der Waals surface area contributed by atoms with Crippen LogP contribution in [0.3, 0.4) is 0 Å². The largest absolute Gasteiger partial charge is 0.378 e. The second kappa shape index (κ2) is 10.3. The molecule has 0 bridgehead atoms. The molecule has 2 aromatic carbocycles. The van der Waals surface area contributed by atoms with Gasteiger partial charge in [-0.25, -0.2) is 5.43 Å². The van der Waals surface area contributed by atoms with Crippen LogP contribution >= 0.6 is 22.6 Å². The Labute approximate surface area is 197 Å². The summed E-state index contributed by atoms with van der Waals surface area (Å²) in [6.07, 6.45) is 1.70. The van der Waals surface area contributed by atoms with Crippen LogP contribution in [0.1, 0.15) is 5.56 Å². The number of hydrogen-bond acceptors (Lipinski definition) is 10. The van der Waals surface area contributed by atoms with E-state index in [1.165, 1.54) is 12.1 Å². The minimum absolute atomic E-state index is 0.00689. The van der Waals surface area contributed by atoms with Gasteiger partial charge in [0.25, 0.3) is 5.69 Å². The first kappa shape index (κ1) is 21.8. The molecule has 12 heteroatoms. The van der Waals surface area contributed by atoms with Gasteiger partial charge in [0.05, 0.1) is 24.4 Å². The molecular formula is C20H19IN8O3. The molecule has 164 valence electrons. The molecule has 0 aliphatic carbocycles. The van der Waals surface area contributed by atoms with Crippen molar-refractivity contribution in [3.05, 3.63) is 67.8 Å². The van der Waals surface area contributed by atoms with Crippen LogP contribution in [0.15, 0.2) is 53.6 Å². The summed E-state index contributed by atoms with van der Waals surface area (Å²) >= 11 is 2.24. The number of morpholine rings is 1. The number of non-ortho nitro benzene ring substituents is 1. The zero-order valence-electron chi connectivity index (χ0n) is 16.8. The number of benzene rings is 2. The van der Waals surface area contributed by atoms with E-state index < -0.39 is 4.92 Å². The molecule has 0 radical (unpaired) electrons. The number of nitrogens with zero attached hydrogens (tertiary/aromatic N) is 6. The smallest absolute Gasteiger partial charge is 0.269 e. The molecule has 0 spiro atoms. The molecule has 1 aliphatic rings. The van der Waals surface area contributed by atoms with Crippen molar-refractivity contribution in [2.45, 2.75) is 0 Å². The highest BCUT2D eigenvalue weighted by Gasteiger charge is 2.17. The maximum Gasteiger partial charge on any atom is 0.269 e. The number of halogens is 1. The highest BCUT2D eigenvalue weighted by molar-refractivity contribution is 14.1. The van der Waals surface area contributed by atoms with Gasteiger partial charge in [0.15, 0.2) is 0 Å². The van der Waals surface area contributed by atoms with Crippen LogP contribution in [0.25, 0.3) is 0 Å². The number of hydrazone groups is 1. The fraction of sp³-hybridized carbons (Fsp3) is 0.200. The van der Waals surface area contributed by atoms with Crippen LogP contribution < -0.4 is 15.6 Å². The molecule has 32 heavy (non-hydrogen) atoms. The van der Waals surface area contributed by atoms with Crippen molar-refractivity contribution in [2.24, 2.45) is 5.10 Å². The van der Waals surface area contributed by atoms with E-state index in [4.69, 9.17) is 4.74 Å². The van der Waals surface area contributed by atoms with Gasteiger partial charge in [-0.05, 0) is 40.8 Å². The van der Waals surface area contributed by atoms with Crippen LogP contribution in [0.2, 0.25) is 0 Å². The molecule has 1 saturated heterocycles. The molecule has 1 aliphatic heterocycles. The summed E-state index contributed by atoms with van der Waals surface area (Å²) in [4.78, 5) is 25.8. The summed E-state index contributed by atoms with van der Waals surface area (Å²) in [7, 11) is 0. The van der Waals surface area contributed by atoms with Gasteiger partial charge in [-0.15, -0.1) is 0 Å². The summed E-state index contributed by atoms with van der Waals surface area (Å²) in [5.41, 5.74) is 4.45. The van der Waals surface area contributed by atoms with Crippen molar-refractivity contribution in [1.82, 2.24) is 15.0 Å². The average Bonchev–Trinajstić information content (AvgIpc) is 2.81. The van der Waals surface area contributed by atoms with E-state index in [0.717, 1.165) is 9.13 Å². The Morgan fingerprint density at radius 2 is 1.78 bits per heavy atom. The SMILES string of the molecule is O=[N+]([O-])c1ccc(Nc2nc(N/N=C/c3ccccc3I)nc(N3CCOCC3)n2)cc1. The molecule has 2 N–H and O–H groups in total. The Hall–Kier alpha value is -3.39. The molecule has 11 nitrogen and oxygen atoms in total. The quantitative estimate of drug-likeness (QED) is 0.198. The number of aromatic nitrogens is 3. The van der Waals surface area contributed by atoms with Crippen LogP contribution in [0, 0.1) is 13.7 Å². The fourth-order valence-electron chi connectivity index (χ4n) is 2.91. The Kier molecular flexibility index (Phi) is 7.01. The lowest BCUT2D eigenvalue weighted by atomic mass is 10.2. The summed E-state index contributed by atoms with van der Waals surface area (Å²) in [6.45, 7) is 2.49. The number of ether oxygens (including phenoxy) is 1. The van der Waals surface area contributed by atoms with E-state index in [1.807, 2.05) is 29.2 Å². The second-order valence-electron chi connectivity index (χ2n) is 6.70. The van der Waals surface area contributed by atoms with Gasteiger partial charge in [0, 0.05) is 40.0 Å². The Morgan fingerprint density at radius 3 is 2.50 bits per heavy atom. The minimum Gasteiger partial charge on any atom is -0.378 e. The van der Waals surface area contributed by atoms with E-state index in [2.05, 4.69) is 53.4 Å². The van der Waals surface area contributed by atoms with Gasteiger partial charge in [0.2, 0.25) is 17.8 Å². The molecule has 0 unspecified atom stereocenters. The lowest BCUT2D eigenvalue weighted by Gasteiger charge is -2.27. The first-order chi connectivity index (χ1) is 15.6. The number of nitro groups is 1. The summed E-state index contributed by atoms with van der Waals surface area (Å²) in [5.74, 6) is 1.05. The summed E-state index contributed by atoms with van der Waals surface area (Å²) in [5, 5.41) is 18.2. The number of nitro benzene ring substituents is 1. The minimum atomic E-state index is -0.447. The number of hydrogen-bond donors (Lipinski definition) is 2. The van der Waals surface area contributed by atoms with Gasteiger partial charge in [0.1, 0.15) is 0 Å². The lowest BCUT2D eigenvalue weighted by molar-refractivity contribution is -0.384. The van der Waals surface area contributed by atoms with E-state index in [9.17, 15) is 10.1 Å². The van der Waals surface area contributed by atoms with Crippen LogP contribution in [-0.2, 0) is 4.74 Å². The maximum atomic E-state index is 10.9. The zero-order chi connectivity index (χ0) is 22.3. The van der Waals surface area contributed by atoms with Gasteiger partial charge in [-0.3, -0.25) is 10.1 Å². The molecule has 2 heterocycles. The van der Waals surface area contributed by atoms with Crippen molar-refractivity contribution in [3.63, 3.8) is 0 Å².